The molecule has 0 fully saturated rings. The molecule has 1 atom stereocenters. The van der Waals surface area contributed by atoms with Gasteiger partial charge < -0.3 is 14.8 Å². The topological polar surface area (TPSA) is 55.1 Å². The average Bonchev–Trinajstić information content (AvgIpc) is 3.53. The largest absolute Gasteiger partial charge is 0.322 e. The highest BCUT2D eigenvalue weighted by Gasteiger charge is 2.36. The number of para-hydroxylation sites is 1. The summed E-state index contributed by atoms with van der Waals surface area (Å²) in [4.78, 5) is 15.7. The first-order valence-corrected chi connectivity index (χ1v) is 12.9. The molecule has 3 aromatic carbocycles. The molecule has 1 N–H and O–H groups in total. The Morgan fingerprint density at radius 1 is 1.00 bits per heavy atom. The van der Waals surface area contributed by atoms with Gasteiger partial charge in [-0.3, -0.25) is 0 Å². The number of aromatic nitrogens is 3. The Bertz CT molecular complexity index is 1660. The first kappa shape index (κ1) is 24.6. The number of benzene rings is 3. The van der Waals surface area contributed by atoms with Gasteiger partial charge in [0.25, 0.3) is 0 Å². The smallest absolute Gasteiger partial charge is 0.308 e. The van der Waals surface area contributed by atoms with Gasteiger partial charge in [0, 0.05) is 17.4 Å². The van der Waals surface area contributed by atoms with Crippen molar-refractivity contribution in [2.45, 2.75) is 32.9 Å². The van der Waals surface area contributed by atoms with Crippen LogP contribution in [0.3, 0.4) is 0 Å². The van der Waals surface area contributed by atoms with Crippen LogP contribution in [0, 0.1) is 18.6 Å². The molecule has 6 rings (SSSR count). The van der Waals surface area contributed by atoms with Crippen LogP contribution < -0.4 is 5.32 Å². The van der Waals surface area contributed by atoms with Crippen molar-refractivity contribution >= 4 is 11.7 Å². The molecule has 39 heavy (non-hydrogen) atoms. The third-order valence-electron chi connectivity index (χ3n) is 7.17. The molecule has 0 radical (unpaired) electrons. The summed E-state index contributed by atoms with van der Waals surface area (Å²) in [6, 6.07) is 23.6. The summed E-state index contributed by atoms with van der Waals surface area (Å²) in [7, 11) is 0. The van der Waals surface area contributed by atoms with Gasteiger partial charge in [-0.15, -0.1) is 0 Å². The molecule has 0 aliphatic carbocycles. The molecule has 2 amide bonds. The van der Waals surface area contributed by atoms with Crippen LogP contribution in [0.25, 0.3) is 11.5 Å². The molecule has 1 aliphatic heterocycles. The number of fused-ring (bicyclic) bond motifs is 3. The van der Waals surface area contributed by atoms with Crippen molar-refractivity contribution in [1.82, 2.24) is 19.2 Å². The molecule has 8 heteroatoms. The highest BCUT2D eigenvalue weighted by atomic mass is 19.1. The van der Waals surface area contributed by atoms with E-state index in [0.29, 0.717) is 17.7 Å². The Morgan fingerprint density at radius 2 is 1.77 bits per heavy atom. The minimum absolute atomic E-state index is 0.245. The second-order valence-corrected chi connectivity index (χ2v) is 9.63. The number of nitrogens with one attached hydrogen (secondary N) is 1. The third kappa shape index (κ3) is 4.37. The van der Waals surface area contributed by atoms with Crippen LogP contribution in [-0.2, 0) is 13.0 Å². The molecular weight excluding hydrogens is 496 g/mol. The molecule has 0 saturated carbocycles. The SMILES string of the molecule is CCc1nn(-c2ccccc2)c2c1CN(C(=O)Nc1ccc(C)c(F)c1)[C@@H](c1ccc(F)cc1)c1cccn1-2. The van der Waals surface area contributed by atoms with Gasteiger partial charge in [-0.05, 0) is 73.0 Å². The second-order valence-electron chi connectivity index (χ2n) is 9.63. The molecular formula is C31H27F2N5O. The molecule has 0 spiro atoms. The molecule has 0 bridgehead atoms. The number of urea groups is 1. The lowest BCUT2D eigenvalue weighted by Crippen LogP contribution is -2.38. The Labute approximate surface area is 225 Å². The molecule has 2 aromatic heterocycles. The van der Waals surface area contributed by atoms with E-state index in [-0.39, 0.29) is 12.4 Å². The van der Waals surface area contributed by atoms with Crippen molar-refractivity contribution < 1.29 is 13.6 Å². The van der Waals surface area contributed by atoms with E-state index >= 15 is 0 Å². The molecule has 5 aromatic rings. The minimum atomic E-state index is -0.544. The maximum absolute atomic E-state index is 14.3. The first-order chi connectivity index (χ1) is 18.9. The Hall–Kier alpha value is -4.72. The Balaban J connectivity index is 1.54. The number of halogens is 2. The monoisotopic (exact) mass is 523 g/mol. The summed E-state index contributed by atoms with van der Waals surface area (Å²) in [5.74, 6) is 0.0966. The number of aryl methyl sites for hydroxylation is 2. The molecule has 6 nitrogen and oxygen atoms in total. The number of carbonyl (C=O) groups excluding carboxylic acids is 1. The minimum Gasteiger partial charge on any atom is -0.308 e. The van der Waals surface area contributed by atoms with Crippen molar-refractivity contribution in [1.29, 1.82) is 0 Å². The zero-order chi connectivity index (χ0) is 27.1. The van der Waals surface area contributed by atoms with Crippen molar-refractivity contribution in [2.24, 2.45) is 0 Å². The van der Waals surface area contributed by atoms with Gasteiger partial charge in [0.2, 0.25) is 0 Å². The summed E-state index contributed by atoms with van der Waals surface area (Å²) in [6.07, 6.45) is 2.63. The van der Waals surface area contributed by atoms with E-state index in [1.54, 1.807) is 36.1 Å². The van der Waals surface area contributed by atoms with E-state index in [1.807, 2.05) is 60.3 Å². The molecule has 1 aliphatic rings. The number of nitrogens with zero attached hydrogens (tertiary/aromatic N) is 4. The predicted octanol–water partition coefficient (Wildman–Crippen LogP) is 6.95. The maximum atomic E-state index is 14.3. The summed E-state index contributed by atoms with van der Waals surface area (Å²) >= 11 is 0. The molecule has 196 valence electrons. The molecule has 0 unspecified atom stereocenters. The highest BCUT2D eigenvalue weighted by Crippen LogP contribution is 2.39. The quantitative estimate of drug-likeness (QED) is 0.277. The van der Waals surface area contributed by atoms with Crippen LogP contribution in [0.4, 0.5) is 19.3 Å². The number of hydrogen-bond donors (Lipinski definition) is 1. The predicted molar refractivity (Wildman–Crippen MR) is 146 cm³/mol. The fraction of sp³-hybridized carbons (Fsp3) is 0.161. The van der Waals surface area contributed by atoms with E-state index in [4.69, 9.17) is 5.10 Å². The van der Waals surface area contributed by atoms with Crippen LogP contribution >= 0.6 is 0 Å². The number of anilines is 1. The van der Waals surface area contributed by atoms with E-state index in [1.165, 1.54) is 18.2 Å². The van der Waals surface area contributed by atoms with Crippen LogP contribution in [0.1, 0.15) is 41.0 Å². The highest BCUT2D eigenvalue weighted by molar-refractivity contribution is 5.90. The van der Waals surface area contributed by atoms with Gasteiger partial charge in [-0.1, -0.05) is 43.3 Å². The Morgan fingerprint density at radius 3 is 2.49 bits per heavy atom. The van der Waals surface area contributed by atoms with E-state index < -0.39 is 17.9 Å². The number of hydrogen-bond acceptors (Lipinski definition) is 2. The van der Waals surface area contributed by atoms with Gasteiger partial charge in [-0.2, -0.15) is 5.10 Å². The number of amides is 2. The van der Waals surface area contributed by atoms with Crippen LogP contribution in [0.5, 0.6) is 0 Å². The van der Waals surface area contributed by atoms with Gasteiger partial charge in [-0.25, -0.2) is 18.3 Å². The fourth-order valence-electron chi connectivity index (χ4n) is 5.21. The normalized spacial score (nSPS) is 14.5. The summed E-state index contributed by atoms with van der Waals surface area (Å²) < 4.78 is 32.2. The van der Waals surface area contributed by atoms with Gasteiger partial charge in [0.15, 0.2) is 0 Å². The zero-order valence-electron chi connectivity index (χ0n) is 21.6. The Kier molecular flexibility index (Phi) is 6.23. The molecule has 3 heterocycles. The van der Waals surface area contributed by atoms with Crippen molar-refractivity contribution in [3.63, 3.8) is 0 Å². The summed E-state index contributed by atoms with van der Waals surface area (Å²) in [6.45, 7) is 3.96. The van der Waals surface area contributed by atoms with Gasteiger partial charge >= 0.3 is 6.03 Å². The fourth-order valence-corrected chi connectivity index (χ4v) is 5.21. The standard InChI is InChI=1S/C31H27F2N5O/c1-3-27-25-19-37(31(39)34-23-16-11-20(2)26(33)18-23)29(21-12-14-22(32)15-13-21)28-10-7-17-36(28)30(25)38(35-27)24-8-5-4-6-9-24/h4-18,29H,3,19H2,1-2H3,(H,34,39)/t29-/m0/s1. The maximum Gasteiger partial charge on any atom is 0.322 e. The van der Waals surface area contributed by atoms with Crippen molar-refractivity contribution in [2.75, 3.05) is 5.32 Å². The zero-order valence-corrected chi connectivity index (χ0v) is 21.6. The van der Waals surface area contributed by atoms with Gasteiger partial charge in [0.05, 0.1) is 29.7 Å². The van der Waals surface area contributed by atoms with Crippen LogP contribution in [0.15, 0.2) is 91.1 Å². The lowest BCUT2D eigenvalue weighted by atomic mass is 10.0. The lowest BCUT2D eigenvalue weighted by Gasteiger charge is -2.31. The van der Waals surface area contributed by atoms with E-state index in [0.717, 1.165) is 34.0 Å². The third-order valence-corrected chi connectivity index (χ3v) is 7.17. The van der Waals surface area contributed by atoms with Gasteiger partial charge in [0.1, 0.15) is 17.5 Å². The van der Waals surface area contributed by atoms with Crippen LogP contribution in [0.2, 0.25) is 0 Å². The van der Waals surface area contributed by atoms with E-state index in [2.05, 4.69) is 9.88 Å². The lowest BCUT2D eigenvalue weighted by molar-refractivity contribution is 0.194. The first-order valence-electron chi connectivity index (χ1n) is 12.9. The van der Waals surface area contributed by atoms with E-state index in [9.17, 15) is 13.6 Å². The number of rotatable bonds is 4. The van der Waals surface area contributed by atoms with Crippen molar-refractivity contribution in [3.8, 4) is 11.5 Å². The van der Waals surface area contributed by atoms with Crippen molar-refractivity contribution in [3.05, 3.63) is 131 Å². The van der Waals surface area contributed by atoms with Crippen LogP contribution in [-0.4, -0.2) is 25.3 Å². The summed E-state index contributed by atoms with van der Waals surface area (Å²) in [5, 5.41) is 7.83. The average molecular weight is 524 g/mol. The molecule has 0 saturated heterocycles. The summed E-state index contributed by atoms with van der Waals surface area (Å²) in [5.41, 5.74) is 5.11. The number of carbonyl (C=O) groups is 1. The second kappa shape index (κ2) is 9.87.